The summed E-state index contributed by atoms with van der Waals surface area (Å²) in [4.78, 5) is 36.4. The van der Waals surface area contributed by atoms with Crippen molar-refractivity contribution in [1.29, 1.82) is 0 Å². The number of amides is 1. The van der Waals surface area contributed by atoms with Crippen LogP contribution in [0.4, 0.5) is 27.5 Å². The number of aromatic nitrogens is 4. The van der Waals surface area contributed by atoms with Gasteiger partial charge in [-0.05, 0) is 39.2 Å². The summed E-state index contributed by atoms with van der Waals surface area (Å²) in [7, 11) is 4.07. The second-order valence-corrected chi connectivity index (χ2v) is 9.33. The van der Waals surface area contributed by atoms with Crippen molar-refractivity contribution in [2.75, 3.05) is 73.8 Å². The van der Waals surface area contributed by atoms with E-state index in [2.05, 4.69) is 40.3 Å². The van der Waals surface area contributed by atoms with E-state index in [0.717, 1.165) is 62.2 Å². The molecule has 0 saturated carbocycles. The molecule has 0 aliphatic carbocycles. The Morgan fingerprint density at radius 1 is 1.11 bits per heavy atom. The van der Waals surface area contributed by atoms with Crippen molar-refractivity contribution in [3.63, 3.8) is 0 Å². The number of anilines is 4. The Morgan fingerprint density at radius 3 is 2.58 bits per heavy atom. The topological polar surface area (TPSA) is 102 Å². The van der Waals surface area contributed by atoms with Gasteiger partial charge in [-0.25, -0.2) is 19.3 Å². The van der Waals surface area contributed by atoms with Gasteiger partial charge >= 0.3 is 0 Å². The fraction of sp³-hybridized carbons (Fsp3) is 0.400. The van der Waals surface area contributed by atoms with Crippen molar-refractivity contribution in [2.24, 2.45) is 0 Å². The van der Waals surface area contributed by atoms with Gasteiger partial charge in [-0.3, -0.25) is 9.78 Å². The van der Waals surface area contributed by atoms with Crippen molar-refractivity contribution in [3.05, 3.63) is 48.3 Å². The van der Waals surface area contributed by atoms with Crippen LogP contribution in [0.15, 0.2) is 36.9 Å². The lowest BCUT2D eigenvalue weighted by molar-refractivity contribution is -0.116. The first-order chi connectivity index (χ1) is 17.4. The summed E-state index contributed by atoms with van der Waals surface area (Å²) in [6.45, 7) is 6.40. The molecular formula is C25H30FN9O. The van der Waals surface area contributed by atoms with Gasteiger partial charge in [-0.2, -0.15) is 0 Å². The number of likely N-dealkylation sites (N-methyl/N-ethyl adjacent to an activating group) is 1. The number of piperazine rings is 1. The second kappa shape index (κ2) is 10.0. The van der Waals surface area contributed by atoms with E-state index in [1.807, 2.05) is 33.2 Å². The Morgan fingerprint density at radius 2 is 1.86 bits per heavy atom. The Balaban J connectivity index is 1.39. The standard InChI is InChI=1S/C25H30FN9O/c1-16-21-22(32-25(16)36)29-15-30-24(21)35-10-8-34(9-11-35)23-20(28-6-7-33(2)3)5-4-19(31-23)17-12-18(26)14-27-13-17/h4-5,12-16,28H,6-11H2,1-3H3,(H,29,30,32,36). The highest BCUT2D eigenvalue weighted by Gasteiger charge is 2.34. The van der Waals surface area contributed by atoms with E-state index in [1.54, 1.807) is 6.20 Å². The zero-order valence-electron chi connectivity index (χ0n) is 20.7. The third-order valence-corrected chi connectivity index (χ3v) is 6.56. The van der Waals surface area contributed by atoms with Crippen molar-refractivity contribution in [3.8, 4) is 11.3 Å². The Bertz CT molecular complexity index is 1260. The molecule has 188 valence electrons. The molecule has 10 nitrogen and oxygen atoms in total. The van der Waals surface area contributed by atoms with Crippen LogP contribution in [0.2, 0.25) is 0 Å². The number of hydrogen-bond donors (Lipinski definition) is 2. The lowest BCUT2D eigenvalue weighted by Crippen LogP contribution is -2.47. The summed E-state index contributed by atoms with van der Waals surface area (Å²) >= 11 is 0. The molecule has 0 bridgehead atoms. The maximum absolute atomic E-state index is 13.8. The van der Waals surface area contributed by atoms with E-state index >= 15 is 0 Å². The van der Waals surface area contributed by atoms with E-state index in [4.69, 9.17) is 4.98 Å². The lowest BCUT2D eigenvalue weighted by atomic mass is 10.0. The van der Waals surface area contributed by atoms with Gasteiger partial charge in [0.15, 0.2) is 5.82 Å². The van der Waals surface area contributed by atoms with Crippen LogP contribution in [-0.2, 0) is 4.79 Å². The molecule has 5 heterocycles. The maximum Gasteiger partial charge on any atom is 0.233 e. The Hall–Kier alpha value is -3.86. The van der Waals surface area contributed by atoms with Gasteiger partial charge < -0.3 is 25.3 Å². The molecule has 2 aliphatic rings. The van der Waals surface area contributed by atoms with Gasteiger partial charge in [0.2, 0.25) is 5.91 Å². The van der Waals surface area contributed by atoms with Gasteiger partial charge in [0.25, 0.3) is 0 Å². The van der Waals surface area contributed by atoms with Crippen LogP contribution in [0, 0.1) is 5.82 Å². The molecule has 1 unspecified atom stereocenters. The molecule has 1 atom stereocenters. The molecule has 5 rings (SSSR count). The highest BCUT2D eigenvalue weighted by molar-refractivity contribution is 6.03. The molecular weight excluding hydrogens is 461 g/mol. The number of carbonyl (C=O) groups excluding carboxylic acids is 1. The second-order valence-electron chi connectivity index (χ2n) is 9.33. The largest absolute Gasteiger partial charge is 0.381 e. The van der Waals surface area contributed by atoms with E-state index in [-0.39, 0.29) is 11.8 Å². The number of halogens is 1. The van der Waals surface area contributed by atoms with E-state index in [9.17, 15) is 9.18 Å². The van der Waals surface area contributed by atoms with Gasteiger partial charge in [-0.15, -0.1) is 0 Å². The number of fused-ring (bicyclic) bond motifs is 1. The summed E-state index contributed by atoms with van der Waals surface area (Å²) in [5.41, 5.74) is 3.10. The predicted octanol–water partition coefficient (Wildman–Crippen LogP) is 2.43. The summed E-state index contributed by atoms with van der Waals surface area (Å²) in [5.74, 6) is 1.52. The summed E-state index contributed by atoms with van der Waals surface area (Å²) in [6, 6.07) is 5.34. The molecule has 36 heavy (non-hydrogen) atoms. The van der Waals surface area contributed by atoms with Gasteiger partial charge in [0, 0.05) is 56.6 Å². The summed E-state index contributed by atoms with van der Waals surface area (Å²) < 4.78 is 13.8. The number of pyridine rings is 2. The van der Waals surface area contributed by atoms with Crippen molar-refractivity contribution < 1.29 is 9.18 Å². The average molecular weight is 492 g/mol. The van der Waals surface area contributed by atoms with Crippen molar-refractivity contribution >= 4 is 29.0 Å². The average Bonchev–Trinajstić information content (AvgIpc) is 3.17. The molecule has 0 spiro atoms. The first-order valence-electron chi connectivity index (χ1n) is 12.1. The Labute approximate surface area is 209 Å². The minimum atomic E-state index is -0.391. The van der Waals surface area contributed by atoms with E-state index in [0.29, 0.717) is 17.1 Å². The van der Waals surface area contributed by atoms with Gasteiger partial charge in [0.1, 0.15) is 23.8 Å². The summed E-state index contributed by atoms with van der Waals surface area (Å²) in [5, 5.41) is 6.35. The minimum Gasteiger partial charge on any atom is -0.381 e. The quantitative estimate of drug-likeness (QED) is 0.516. The van der Waals surface area contributed by atoms with Crippen LogP contribution in [0.3, 0.4) is 0 Å². The molecule has 0 aromatic carbocycles. The fourth-order valence-corrected chi connectivity index (χ4v) is 4.58. The number of nitrogens with zero attached hydrogens (tertiary/aromatic N) is 7. The highest BCUT2D eigenvalue weighted by atomic mass is 19.1. The monoisotopic (exact) mass is 491 g/mol. The van der Waals surface area contributed by atoms with Crippen LogP contribution in [-0.4, -0.2) is 84.1 Å². The van der Waals surface area contributed by atoms with Crippen LogP contribution in [0.5, 0.6) is 0 Å². The number of hydrogen-bond acceptors (Lipinski definition) is 9. The van der Waals surface area contributed by atoms with Crippen LogP contribution in [0.25, 0.3) is 11.3 Å². The van der Waals surface area contributed by atoms with Crippen LogP contribution in [0.1, 0.15) is 18.4 Å². The molecule has 3 aromatic heterocycles. The first kappa shape index (κ1) is 23.9. The molecule has 1 saturated heterocycles. The normalized spacial score (nSPS) is 17.4. The third-order valence-electron chi connectivity index (χ3n) is 6.56. The number of nitrogens with one attached hydrogen (secondary N) is 2. The predicted molar refractivity (Wildman–Crippen MR) is 138 cm³/mol. The molecule has 2 aliphatic heterocycles. The van der Waals surface area contributed by atoms with E-state index in [1.165, 1.54) is 18.6 Å². The van der Waals surface area contributed by atoms with Crippen LogP contribution < -0.4 is 20.4 Å². The van der Waals surface area contributed by atoms with Crippen molar-refractivity contribution in [2.45, 2.75) is 12.8 Å². The third kappa shape index (κ3) is 4.78. The molecule has 2 N–H and O–H groups in total. The first-order valence-corrected chi connectivity index (χ1v) is 12.1. The SMILES string of the molecule is CC1C(=O)Nc2ncnc(N3CCN(c4nc(-c5cncc(F)c5)ccc4NCCN(C)C)CC3)c21. The fourth-order valence-electron chi connectivity index (χ4n) is 4.58. The summed E-state index contributed by atoms with van der Waals surface area (Å²) in [6.07, 6.45) is 4.32. The van der Waals surface area contributed by atoms with E-state index < -0.39 is 5.82 Å². The van der Waals surface area contributed by atoms with Crippen molar-refractivity contribution in [1.82, 2.24) is 24.8 Å². The zero-order valence-corrected chi connectivity index (χ0v) is 20.7. The highest BCUT2D eigenvalue weighted by Crippen LogP contribution is 2.37. The minimum absolute atomic E-state index is 0.0494. The molecule has 0 radical (unpaired) electrons. The molecule has 1 fully saturated rings. The maximum atomic E-state index is 13.8. The Kier molecular flexibility index (Phi) is 6.64. The smallest absolute Gasteiger partial charge is 0.233 e. The zero-order chi connectivity index (χ0) is 25.2. The molecule has 3 aromatic rings. The number of rotatable bonds is 7. The lowest BCUT2D eigenvalue weighted by Gasteiger charge is -2.37. The molecule has 11 heteroatoms. The van der Waals surface area contributed by atoms with Gasteiger partial charge in [0.05, 0.1) is 23.5 Å². The molecule has 1 amide bonds. The van der Waals surface area contributed by atoms with Crippen LogP contribution >= 0.6 is 0 Å². The number of carbonyl (C=O) groups is 1. The van der Waals surface area contributed by atoms with Gasteiger partial charge in [-0.1, -0.05) is 0 Å².